The van der Waals surface area contributed by atoms with Crippen LogP contribution in [0.4, 0.5) is 0 Å². The zero-order chi connectivity index (χ0) is 11.7. The number of rotatable bonds is 2. The lowest BCUT2D eigenvalue weighted by molar-refractivity contribution is 0.0958. The third-order valence-corrected chi connectivity index (χ3v) is 2.37. The normalized spacial score (nSPS) is 10.4. The first-order valence-corrected chi connectivity index (χ1v) is 4.92. The second kappa shape index (κ2) is 4.11. The molecule has 1 aromatic heterocycles. The van der Waals surface area contributed by atoms with E-state index in [1.165, 1.54) is 0 Å². The highest BCUT2D eigenvalue weighted by Crippen LogP contribution is 2.28. The Hall–Kier alpha value is -1.59. The van der Waals surface area contributed by atoms with Gasteiger partial charge in [-0.15, -0.1) is 0 Å². The van der Waals surface area contributed by atoms with Crippen LogP contribution in [0, 0.1) is 0 Å². The molecule has 2 aromatic rings. The van der Waals surface area contributed by atoms with E-state index >= 15 is 0 Å². The van der Waals surface area contributed by atoms with E-state index in [0.717, 1.165) is 0 Å². The monoisotopic (exact) mass is 257 g/mol. The first-order chi connectivity index (χ1) is 7.58. The summed E-state index contributed by atoms with van der Waals surface area (Å²) in [6, 6.07) is 4.79. The molecule has 0 atom stereocenters. The van der Waals surface area contributed by atoms with Crippen molar-refractivity contribution in [2.75, 3.05) is 0 Å². The molecule has 0 radical (unpaired) electrons. The van der Waals surface area contributed by atoms with Gasteiger partial charge in [-0.25, -0.2) is 0 Å². The topological polar surface area (TPSA) is 82.0 Å². The molecule has 0 fully saturated rings. The molecule has 5 nitrogen and oxygen atoms in total. The average Bonchev–Trinajstić information content (AvgIpc) is 2.70. The summed E-state index contributed by atoms with van der Waals surface area (Å²) in [6.45, 7) is 0. The Labute approximate surface area is 100 Å². The Kier molecular flexibility index (Phi) is 2.80. The first kappa shape index (κ1) is 10.9. The van der Waals surface area contributed by atoms with Crippen LogP contribution >= 0.6 is 23.2 Å². The molecule has 82 valence electrons. The van der Waals surface area contributed by atoms with Gasteiger partial charge in [0, 0.05) is 10.6 Å². The van der Waals surface area contributed by atoms with Crippen LogP contribution in [0.15, 0.2) is 22.7 Å². The van der Waals surface area contributed by atoms with Gasteiger partial charge in [0.1, 0.15) is 0 Å². The summed E-state index contributed by atoms with van der Waals surface area (Å²) in [4.78, 5) is 14.6. The lowest BCUT2D eigenvalue weighted by atomic mass is 10.2. The molecule has 7 heteroatoms. The molecule has 0 aliphatic rings. The van der Waals surface area contributed by atoms with E-state index in [0.29, 0.717) is 15.6 Å². The van der Waals surface area contributed by atoms with E-state index in [2.05, 4.69) is 14.7 Å². The summed E-state index contributed by atoms with van der Waals surface area (Å²) in [5, 5.41) is 4.46. The van der Waals surface area contributed by atoms with Gasteiger partial charge in [-0.05, 0) is 18.2 Å². The summed E-state index contributed by atoms with van der Waals surface area (Å²) in [5.41, 5.74) is 5.46. The zero-order valence-corrected chi connectivity index (χ0v) is 9.29. The molecule has 2 N–H and O–H groups in total. The summed E-state index contributed by atoms with van der Waals surface area (Å²) in [5.74, 6) is -0.899. The van der Waals surface area contributed by atoms with Crippen LogP contribution in [0.5, 0.6) is 0 Å². The fraction of sp³-hybridized carbons (Fsp3) is 0. The zero-order valence-electron chi connectivity index (χ0n) is 7.78. The van der Waals surface area contributed by atoms with Crippen LogP contribution in [0.2, 0.25) is 10.0 Å². The number of hydrogen-bond acceptors (Lipinski definition) is 4. The number of nitrogens with zero attached hydrogens (tertiary/aromatic N) is 2. The Morgan fingerprint density at radius 1 is 1.38 bits per heavy atom. The Bertz CT molecular complexity index is 553. The average molecular weight is 258 g/mol. The molecule has 0 aliphatic carbocycles. The number of halogens is 2. The molecular weight excluding hydrogens is 253 g/mol. The predicted molar refractivity (Wildman–Crippen MR) is 58.3 cm³/mol. The standard InChI is InChI=1S/C9H5Cl2N3O2/c10-4-1-2-6(11)5(3-4)8-13-9(7(12)15)16-14-8/h1-3H,(H2,12,15). The summed E-state index contributed by atoms with van der Waals surface area (Å²) in [7, 11) is 0. The molecule has 0 saturated carbocycles. The molecule has 0 saturated heterocycles. The predicted octanol–water partition coefficient (Wildman–Crippen LogP) is 2.14. The van der Waals surface area contributed by atoms with Gasteiger partial charge in [0.15, 0.2) is 0 Å². The molecule has 0 unspecified atom stereocenters. The van der Waals surface area contributed by atoms with Crippen LogP contribution in [0.1, 0.15) is 10.7 Å². The lowest BCUT2D eigenvalue weighted by Crippen LogP contribution is -2.11. The SMILES string of the molecule is NC(=O)c1nc(-c2cc(Cl)ccc2Cl)no1. The van der Waals surface area contributed by atoms with E-state index < -0.39 is 5.91 Å². The Morgan fingerprint density at radius 2 is 2.12 bits per heavy atom. The number of carbonyl (C=O) groups is 1. The Balaban J connectivity index is 2.50. The smallest absolute Gasteiger partial charge is 0.316 e. The second-order valence-corrected chi connectivity index (χ2v) is 3.76. The van der Waals surface area contributed by atoms with Gasteiger partial charge >= 0.3 is 11.8 Å². The minimum atomic E-state index is -0.795. The molecular formula is C9H5Cl2N3O2. The number of amides is 1. The minimum Gasteiger partial charge on any atom is -0.361 e. The van der Waals surface area contributed by atoms with E-state index in [1.807, 2.05) is 0 Å². The molecule has 1 amide bonds. The third-order valence-electron chi connectivity index (χ3n) is 1.81. The van der Waals surface area contributed by atoms with Gasteiger partial charge in [-0.1, -0.05) is 28.4 Å². The van der Waals surface area contributed by atoms with Crippen molar-refractivity contribution in [2.45, 2.75) is 0 Å². The Morgan fingerprint density at radius 3 is 2.75 bits per heavy atom. The highest BCUT2D eigenvalue weighted by Gasteiger charge is 2.15. The van der Waals surface area contributed by atoms with Crippen molar-refractivity contribution in [1.29, 1.82) is 0 Å². The van der Waals surface area contributed by atoms with Crippen LogP contribution < -0.4 is 5.73 Å². The third kappa shape index (κ3) is 2.00. The number of aromatic nitrogens is 2. The van der Waals surface area contributed by atoms with E-state index in [-0.39, 0.29) is 11.7 Å². The molecule has 0 aliphatic heterocycles. The van der Waals surface area contributed by atoms with E-state index in [1.54, 1.807) is 18.2 Å². The highest BCUT2D eigenvalue weighted by atomic mass is 35.5. The maximum Gasteiger partial charge on any atom is 0.316 e. The fourth-order valence-corrected chi connectivity index (χ4v) is 1.48. The number of hydrogen-bond donors (Lipinski definition) is 1. The molecule has 0 spiro atoms. The van der Waals surface area contributed by atoms with Gasteiger partial charge in [0.05, 0.1) is 5.02 Å². The van der Waals surface area contributed by atoms with Gasteiger partial charge < -0.3 is 10.3 Å². The largest absolute Gasteiger partial charge is 0.361 e. The number of benzene rings is 1. The van der Waals surface area contributed by atoms with Gasteiger partial charge in [-0.3, -0.25) is 4.79 Å². The lowest BCUT2D eigenvalue weighted by Gasteiger charge is -1.98. The van der Waals surface area contributed by atoms with Gasteiger partial charge in [-0.2, -0.15) is 4.98 Å². The van der Waals surface area contributed by atoms with E-state index in [4.69, 9.17) is 28.9 Å². The van der Waals surface area contributed by atoms with Crippen molar-refractivity contribution >= 4 is 29.1 Å². The highest BCUT2D eigenvalue weighted by molar-refractivity contribution is 6.35. The van der Waals surface area contributed by atoms with Crippen LogP contribution in [-0.2, 0) is 0 Å². The van der Waals surface area contributed by atoms with Crippen molar-refractivity contribution in [3.05, 3.63) is 34.1 Å². The number of primary amides is 1. The minimum absolute atomic E-state index is 0.168. The quantitative estimate of drug-likeness (QED) is 0.894. The van der Waals surface area contributed by atoms with Crippen molar-refractivity contribution in [1.82, 2.24) is 10.1 Å². The first-order valence-electron chi connectivity index (χ1n) is 4.17. The van der Waals surface area contributed by atoms with E-state index in [9.17, 15) is 4.79 Å². The fourth-order valence-electron chi connectivity index (χ4n) is 1.10. The summed E-state index contributed by atoms with van der Waals surface area (Å²) >= 11 is 11.7. The van der Waals surface area contributed by atoms with Crippen molar-refractivity contribution in [2.24, 2.45) is 5.73 Å². The summed E-state index contributed by atoms with van der Waals surface area (Å²) < 4.78 is 4.64. The van der Waals surface area contributed by atoms with Crippen molar-refractivity contribution < 1.29 is 9.32 Å². The number of nitrogens with two attached hydrogens (primary N) is 1. The maximum atomic E-state index is 10.8. The molecule has 1 heterocycles. The van der Waals surface area contributed by atoms with Crippen molar-refractivity contribution in [3.63, 3.8) is 0 Å². The molecule has 2 rings (SSSR count). The maximum absolute atomic E-state index is 10.8. The molecule has 0 bridgehead atoms. The van der Waals surface area contributed by atoms with Crippen LogP contribution in [0.25, 0.3) is 11.4 Å². The summed E-state index contributed by atoms with van der Waals surface area (Å²) in [6.07, 6.45) is 0. The second-order valence-electron chi connectivity index (χ2n) is 2.91. The van der Waals surface area contributed by atoms with Gasteiger partial charge in [0.25, 0.3) is 0 Å². The van der Waals surface area contributed by atoms with Crippen LogP contribution in [0.3, 0.4) is 0 Å². The molecule has 16 heavy (non-hydrogen) atoms. The van der Waals surface area contributed by atoms with Crippen LogP contribution in [-0.4, -0.2) is 16.0 Å². The number of carbonyl (C=O) groups excluding carboxylic acids is 1. The molecule has 1 aromatic carbocycles. The van der Waals surface area contributed by atoms with Gasteiger partial charge in [0.2, 0.25) is 5.82 Å². The van der Waals surface area contributed by atoms with Crippen molar-refractivity contribution in [3.8, 4) is 11.4 Å².